The summed E-state index contributed by atoms with van der Waals surface area (Å²) in [6.07, 6.45) is 2.37. The first kappa shape index (κ1) is 12.5. The summed E-state index contributed by atoms with van der Waals surface area (Å²) in [6.45, 7) is 4.24. The zero-order valence-electron chi connectivity index (χ0n) is 9.71. The molecular formula is C13H13ClFNS. The van der Waals surface area contributed by atoms with Gasteiger partial charge in [-0.1, -0.05) is 37.6 Å². The topological polar surface area (TPSA) is 12.9 Å². The summed E-state index contributed by atoms with van der Waals surface area (Å²) in [5.74, 6) is 0.126. The van der Waals surface area contributed by atoms with E-state index in [4.69, 9.17) is 11.6 Å². The van der Waals surface area contributed by atoms with E-state index in [1.165, 1.54) is 4.88 Å². The summed E-state index contributed by atoms with van der Waals surface area (Å²) in [6, 6.07) is 5.07. The van der Waals surface area contributed by atoms with Crippen molar-refractivity contribution in [1.82, 2.24) is 4.98 Å². The van der Waals surface area contributed by atoms with Crippen LogP contribution in [-0.2, 0) is 6.42 Å². The van der Waals surface area contributed by atoms with Gasteiger partial charge in [0, 0.05) is 17.5 Å². The van der Waals surface area contributed by atoms with Gasteiger partial charge in [0.05, 0.1) is 10.0 Å². The van der Waals surface area contributed by atoms with Crippen LogP contribution < -0.4 is 0 Å². The van der Waals surface area contributed by atoms with Gasteiger partial charge in [0.2, 0.25) is 0 Å². The quantitative estimate of drug-likeness (QED) is 0.790. The lowest BCUT2D eigenvalue weighted by Crippen LogP contribution is -1.92. The van der Waals surface area contributed by atoms with Crippen molar-refractivity contribution in [2.24, 2.45) is 0 Å². The van der Waals surface area contributed by atoms with Crippen molar-refractivity contribution in [2.75, 3.05) is 0 Å². The van der Waals surface area contributed by atoms with Crippen LogP contribution in [0.4, 0.5) is 4.39 Å². The van der Waals surface area contributed by atoms with Crippen LogP contribution in [0.25, 0.3) is 0 Å². The molecule has 0 bridgehead atoms. The second kappa shape index (κ2) is 5.15. The first-order valence-electron chi connectivity index (χ1n) is 5.45. The fraction of sp³-hybridized carbons (Fsp3) is 0.308. The molecule has 0 aliphatic heterocycles. The van der Waals surface area contributed by atoms with Gasteiger partial charge in [0.25, 0.3) is 0 Å². The van der Waals surface area contributed by atoms with Gasteiger partial charge in [0.1, 0.15) is 5.82 Å². The van der Waals surface area contributed by atoms with Crippen LogP contribution in [-0.4, -0.2) is 4.98 Å². The first-order chi connectivity index (χ1) is 8.08. The number of halogens is 2. The third-order valence-corrected chi connectivity index (χ3v) is 4.10. The Morgan fingerprint density at radius 3 is 2.82 bits per heavy atom. The number of hydrogen-bond donors (Lipinski definition) is 0. The van der Waals surface area contributed by atoms with E-state index in [0.717, 1.165) is 5.01 Å². The van der Waals surface area contributed by atoms with Gasteiger partial charge >= 0.3 is 0 Å². The van der Waals surface area contributed by atoms with Gasteiger partial charge in [0.15, 0.2) is 0 Å². The van der Waals surface area contributed by atoms with Crippen LogP contribution in [0, 0.1) is 5.82 Å². The van der Waals surface area contributed by atoms with Crippen molar-refractivity contribution in [1.29, 1.82) is 0 Å². The molecule has 0 atom stereocenters. The van der Waals surface area contributed by atoms with Crippen LogP contribution in [0.1, 0.15) is 35.2 Å². The van der Waals surface area contributed by atoms with Crippen LogP contribution in [0.15, 0.2) is 24.4 Å². The lowest BCUT2D eigenvalue weighted by molar-refractivity contribution is 0.614. The molecular weight excluding hydrogens is 257 g/mol. The molecule has 1 nitrogen and oxygen atoms in total. The zero-order chi connectivity index (χ0) is 12.4. The van der Waals surface area contributed by atoms with Crippen molar-refractivity contribution >= 4 is 22.9 Å². The van der Waals surface area contributed by atoms with E-state index in [1.807, 2.05) is 6.20 Å². The smallest absolute Gasteiger partial charge is 0.145 e. The van der Waals surface area contributed by atoms with E-state index in [9.17, 15) is 4.39 Å². The van der Waals surface area contributed by atoms with Crippen molar-refractivity contribution < 1.29 is 4.39 Å². The minimum absolute atomic E-state index is 0.170. The maximum absolute atomic E-state index is 13.7. The predicted molar refractivity (Wildman–Crippen MR) is 70.4 cm³/mol. The summed E-state index contributed by atoms with van der Waals surface area (Å²) >= 11 is 7.37. The van der Waals surface area contributed by atoms with E-state index in [1.54, 1.807) is 29.5 Å². The minimum Gasteiger partial charge on any atom is -0.249 e. The lowest BCUT2D eigenvalue weighted by atomic mass is 10.1. The molecule has 0 N–H and O–H groups in total. The molecule has 1 heterocycles. The molecule has 0 saturated carbocycles. The standard InChI is InChI=1S/C13H13ClFNS/c1-8(2)11-7-16-12(17-11)6-9-4-3-5-10(14)13(9)15/h3-5,7-8H,6H2,1-2H3. The van der Waals surface area contributed by atoms with Crippen LogP contribution in [0.2, 0.25) is 5.02 Å². The third-order valence-electron chi connectivity index (χ3n) is 2.51. The molecule has 1 aromatic carbocycles. The fourth-order valence-electron chi connectivity index (χ4n) is 1.52. The Hall–Kier alpha value is -0.930. The van der Waals surface area contributed by atoms with E-state index < -0.39 is 0 Å². The fourth-order valence-corrected chi connectivity index (χ4v) is 2.66. The second-order valence-electron chi connectivity index (χ2n) is 4.20. The number of rotatable bonds is 3. The van der Waals surface area contributed by atoms with Crippen molar-refractivity contribution in [3.63, 3.8) is 0 Å². The molecule has 0 aliphatic rings. The molecule has 0 saturated heterocycles. The lowest BCUT2D eigenvalue weighted by Gasteiger charge is -2.02. The number of aromatic nitrogens is 1. The Morgan fingerprint density at radius 1 is 1.41 bits per heavy atom. The summed E-state index contributed by atoms with van der Waals surface area (Å²) < 4.78 is 13.7. The van der Waals surface area contributed by atoms with Gasteiger partial charge in [-0.15, -0.1) is 11.3 Å². The average molecular weight is 270 g/mol. The number of nitrogens with zero attached hydrogens (tertiary/aromatic N) is 1. The second-order valence-corrected chi connectivity index (χ2v) is 5.75. The number of thiazole rings is 1. The molecule has 0 unspecified atom stereocenters. The molecule has 1 aromatic heterocycles. The van der Waals surface area contributed by atoms with Gasteiger partial charge < -0.3 is 0 Å². The highest BCUT2D eigenvalue weighted by Crippen LogP contribution is 2.25. The Labute approximate surface area is 109 Å². The largest absolute Gasteiger partial charge is 0.249 e. The number of benzene rings is 1. The maximum Gasteiger partial charge on any atom is 0.145 e. The molecule has 0 spiro atoms. The third kappa shape index (κ3) is 2.85. The Morgan fingerprint density at radius 2 is 2.18 bits per heavy atom. The molecule has 0 radical (unpaired) electrons. The molecule has 0 fully saturated rings. The van der Waals surface area contributed by atoms with Crippen LogP contribution in [0.5, 0.6) is 0 Å². The van der Waals surface area contributed by atoms with E-state index in [2.05, 4.69) is 18.8 Å². The van der Waals surface area contributed by atoms with Gasteiger partial charge in [-0.2, -0.15) is 0 Å². The molecule has 17 heavy (non-hydrogen) atoms. The molecule has 90 valence electrons. The Bertz CT molecular complexity index is 522. The number of hydrogen-bond acceptors (Lipinski definition) is 2. The SMILES string of the molecule is CC(C)c1cnc(Cc2cccc(Cl)c2F)s1. The highest BCUT2D eigenvalue weighted by Gasteiger charge is 2.10. The van der Waals surface area contributed by atoms with E-state index in [0.29, 0.717) is 17.9 Å². The van der Waals surface area contributed by atoms with Gasteiger partial charge in [-0.05, 0) is 17.5 Å². The predicted octanol–water partition coefficient (Wildman–Crippen LogP) is 4.65. The highest BCUT2D eigenvalue weighted by atomic mass is 35.5. The van der Waals surface area contributed by atoms with Crippen LogP contribution >= 0.6 is 22.9 Å². The summed E-state index contributed by atoms with van der Waals surface area (Å²) in [5.41, 5.74) is 0.599. The molecule has 0 aliphatic carbocycles. The molecule has 2 aromatic rings. The van der Waals surface area contributed by atoms with Gasteiger partial charge in [-0.3, -0.25) is 0 Å². The Kier molecular flexibility index (Phi) is 3.79. The summed E-state index contributed by atoms with van der Waals surface area (Å²) in [5, 5.41) is 1.10. The van der Waals surface area contributed by atoms with Crippen molar-refractivity contribution in [3.05, 3.63) is 50.7 Å². The first-order valence-corrected chi connectivity index (χ1v) is 6.65. The van der Waals surface area contributed by atoms with Crippen LogP contribution in [0.3, 0.4) is 0 Å². The zero-order valence-corrected chi connectivity index (χ0v) is 11.3. The van der Waals surface area contributed by atoms with E-state index in [-0.39, 0.29) is 10.8 Å². The molecule has 0 amide bonds. The highest BCUT2D eigenvalue weighted by molar-refractivity contribution is 7.11. The van der Waals surface area contributed by atoms with Gasteiger partial charge in [-0.25, -0.2) is 9.37 Å². The van der Waals surface area contributed by atoms with Crippen molar-refractivity contribution in [3.8, 4) is 0 Å². The summed E-state index contributed by atoms with van der Waals surface area (Å²) in [4.78, 5) is 5.54. The normalized spacial score (nSPS) is 11.1. The molecule has 2 rings (SSSR count). The molecule has 4 heteroatoms. The minimum atomic E-state index is -0.338. The Balaban J connectivity index is 2.22. The maximum atomic E-state index is 13.7. The average Bonchev–Trinajstić information content (AvgIpc) is 2.73. The van der Waals surface area contributed by atoms with E-state index >= 15 is 0 Å². The monoisotopic (exact) mass is 269 g/mol. The van der Waals surface area contributed by atoms with Crippen molar-refractivity contribution in [2.45, 2.75) is 26.2 Å². The summed E-state index contributed by atoms with van der Waals surface area (Å²) in [7, 11) is 0.